The van der Waals surface area contributed by atoms with Crippen LogP contribution < -0.4 is 4.74 Å². The molecule has 4 nitrogen and oxygen atoms in total. The van der Waals surface area contributed by atoms with Gasteiger partial charge in [-0.2, -0.15) is 0 Å². The fourth-order valence-corrected chi connectivity index (χ4v) is 5.43. The molecule has 0 aliphatic rings. The molecule has 0 aliphatic heterocycles. The Morgan fingerprint density at radius 3 is 2.23 bits per heavy atom. The normalized spacial score (nSPS) is 11.0. The topological polar surface area (TPSA) is 52.1 Å². The average Bonchev–Trinajstić information content (AvgIpc) is 3.20. The van der Waals surface area contributed by atoms with Gasteiger partial charge in [-0.3, -0.25) is 9.78 Å². The standard InChI is InChI=1S/C20H16N2O2S2/c1-24-20-14(5-3-7-22-20)9-16-11-19-18(26-16)10-15(25-19)8-13-4-2-6-21-17(13)12-23/h2-7,10-12H,8-9H2,1H3. The van der Waals surface area contributed by atoms with Crippen molar-refractivity contribution in [2.45, 2.75) is 12.8 Å². The molecule has 0 amide bonds. The smallest absolute Gasteiger partial charge is 0.216 e. The van der Waals surface area contributed by atoms with Crippen molar-refractivity contribution in [1.82, 2.24) is 9.97 Å². The maximum atomic E-state index is 11.1. The van der Waals surface area contributed by atoms with Crippen LogP contribution in [0.1, 0.15) is 31.4 Å². The number of carbonyl (C=O) groups excluding carboxylic acids is 1. The summed E-state index contributed by atoms with van der Waals surface area (Å²) in [4.78, 5) is 22.1. The second-order valence-corrected chi connectivity index (χ2v) is 8.18. The Hall–Kier alpha value is -2.57. The van der Waals surface area contributed by atoms with Crippen molar-refractivity contribution in [2.75, 3.05) is 7.11 Å². The van der Waals surface area contributed by atoms with E-state index in [2.05, 4.69) is 28.2 Å². The molecule has 6 heteroatoms. The number of methoxy groups -OCH3 is 1. The van der Waals surface area contributed by atoms with E-state index in [0.29, 0.717) is 11.6 Å². The third-order valence-corrected chi connectivity index (χ3v) is 6.41. The van der Waals surface area contributed by atoms with E-state index in [-0.39, 0.29) is 0 Å². The lowest BCUT2D eigenvalue weighted by Gasteiger charge is -2.04. The number of carbonyl (C=O) groups is 1. The van der Waals surface area contributed by atoms with Crippen LogP contribution >= 0.6 is 22.7 Å². The summed E-state index contributed by atoms with van der Waals surface area (Å²) >= 11 is 3.57. The van der Waals surface area contributed by atoms with E-state index in [1.165, 1.54) is 19.2 Å². The second-order valence-electron chi connectivity index (χ2n) is 5.84. The zero-order chi connectivity index (χ0) is 17.9. The van der Waals surface area contributed by atoms with E-state index < -0.39 is 0 Å². The molecule has 0 aliphatic carbocycles. The first-order chi connectivity index (χ1) is 12.8. The number of aromatic nitrogens is 2. The van der Waals surface area contributed by atoms with Crippen molar-refractivity contribution in [2.24, 2.45) is 0 Å². The molecule has 0 radical (unpaired) electrons. The average molecular weight is 380 g/mol. The molecule has 0 saturated carbocycles. The summed E-state index contributed by atoms with van der Waals surface area (Å²) in [6.45, 7) is 0. The Balaban J connectivity index is 1.57. The minimum Gasteiger partial charge on any atom is -0.481 e. The number of aldehydes is 1. The number of hydrogen-bond acceptors (Lipinski definition) is 6. The highest BCUT2D eigenvalue weighted by Crippen LogP contribution is 2.35. The van der Waals surface area contributed by atoms with Gasteiger partial charge < -0.3 is 4.74 Å². The van der Waals surface area contributed by atoms with Crippen molar-refractivity contribution in [1.29, 1.82) is 0 Å². The maximum absolute atomic E-state index is 11.1. The van der Waals surface area contributed by atoms with Crippen LogP contribution in [0, 0.1) is 0 Å². The van der Waals surface area contributed by atoms with Crippen LogP contribution in [0.4, 0.5) is 0 Å². The van der Waals surface area contributed by atoms with Gasteiger partial charge in [0.1, 0.15) is 5.69 Å². The number of fused-ring (bicyclic) bond motifs is 1. The Bertz CT molecular complexity index is 1040. The molecule has 0 fully saturated rings. The van der Waals surface area contributed by atoms with Crippen molar-refractivity contribution in [3.05, 3.63) is 75.4 Å². The van der Waals surface area contributed by atoms with Crippen LogP contribution in [0.3, 0.4) is 0 Å². The van der Waals surface area contributed by atoms with Crippen LogP contribution in [0.25, 0.3) is 9.40 Å². The third kappa shape index (κ3) is 3.38. The van der Waals surface area contributed by atoms with E-state index in [9.17, 15) is 4.79 Å². The van der Waals surface area contributed by atoms with E-state index in [4.69, 9.17) is 4.74 Å². The molecule has 4 aromatic heterocycles. The molecular weight excluding hydrogens is 364 g/mol. The highest BCUT2D eigenvalue weighted by Gasteiger charge is 2.12. The van der Waals surface area contributed by atoms with Crippen molar-refractivity contribution < 1.29 is 9.53 Å². The summed E-state index contributed by atoms with van der Waals surface area (Å²) in [6, 6.07) is 12.3. The highest BCUT2D eigenvalue weighted by molar-refractivity contribution is 7.27. The van der Waals surface area contributed by atoms with Gasteiger partial charge in [-0.05, 0) is 29.8 Å². The molecule has 0 bridgehead atoms. The zero-order valence-electron chi connectivity index (χ0n) is 14.1. The summed E-state index contributed by atoms with van der Waals surface area (Å²) in [5.41, 5.74) is 2.58. The monoisotopic (exact) mass is 380 g/mol. The van der Waals surface area contributed by atoms with E-state index in [0.717, 1.165) is 30.3 Å². The lowest BCUT2D eigenvalue weighted by Crippen LogP contribution is -1.95. The van der Waals surface area contributed by atoms with Gasteiger partial charge in [-0.15, -0.1) is 22.7 Å². The summed E-state index contributed by atoms with van der Waals surface area (Å²) in [5, 5.41) is 0. The number of hydrogen-bond donors (Lipinski definition) is 0. The lowest BCUT2D eigenvalue weighted by atomic mass is 10.1. The Kier molecular flexibility index (Phi) is 4.77. The summed E-state index contributed by atoms with van der Waals surface area (Å²) in [6.07, 6.45) is 5.77. The van der Waals surface area contributed by atoms with Gasteiger partial charge >= 0.3 is 0 Å². The number of thiophene rings is 2. The van der Waals surface area contributed by atoms with Gasteiger partial charge in [0.15, 0.2) is 6.29 Å². The number of pyridine rings is 2. The third-order valence-electron chi connectivity index (χ3n) is 4.12. The Morgan fingerprint density at radius 1 is 0.962 bits per heavy atom. The van der Waals surface area contributed by atoms with Crippen LogP contribution in [-0.2, 0) is 12.8 Å². The second kappa shape index (κ2) is 7.35. The molecule has 4 heterocycles. The number of rotatable bonds is 6. The van der Waals surface area contributed by atoms with Crippen molar-refractivity contribution >= 4 is 38.4 Å². The van der Waals surface area contributed by atoms with E-state index in [1.54, 1.807) is 42.2 Å². The van der Waals surface area contributed by atoms with Gasteiger partial charge in [-0.25, -0.2) is 4.98 Å². The fraction of sp³-hybridized carbons (Fsp3) is 0.150. The molecular formula is C20H16N2O2S2. The van der Waals surface area contributed by atoms with Crippen molar-refractivity contribution in [3.63, 3.8) is 0 Å². The number of nitrogens with zero attached hydrogens (tertiary/aromatic N) is 2. The van der Waals surface area contributed by atoms with Crippen LogP contribution in [0.15, 0.2) is 48.8 Å². The molecule has 0 N–H and O–H groups in total. The number of ether oxygens (including phenoxy) is 1. The molecule has 0 atom stereocenters. The van der Waals surface area contributed by atoms with E-state index >= 15 is 0 Å². The highest BCUT2D eigenvalue weighted by atomic mass is 32.1. The SMILES string of the molecule is COc1ncccc1Cc1cc2sc(Cc3cccnc3C=O)cc2s1. The zero-order valence-corrected chi connectivity index (χ0v) is 15.8. The first kappa shape index (κ1) is 16.9. The van der Waals surface area contributed by atoms with E-state index in [1.807, 2.05) is 18.2 Å². The first-order valence-corrected chi connectivity index (χ1v) is 9.78. The maximum Gasteiger partial charge on any atom is 0.216 e. The predicted octanol–water partition coefficient (Wildman–Crippen LogP) is 4.76. The van der Waals surface area contributed by atoms with Gasteiger partial charge in [-0.1, -0.05) is 12.1 Å². The Morgan fingerprint density at radius 2 is 1.58 bits per heavy atom. The quantitative estimate of drug-likeness (QED) is 0.453. The van der Waals surface area contributed by atoms with Crippen LogP contribution in [0.2, 0.25) is 0 Å². The lowest BCUT2D eigenvalue weighted by molar-refractivity contribution is 0.111. The van der Waals surface area contributed by atoms with Gasteiger partial charge in [0.25, 0.3) is 0 Å². The molecule has 26 heavy (non-hydrogen) atoms. The molecule has 0 saturated heterocycles. The summed E-state index contributed by atoms with van der Waals surface area (Å²) in [7, 11) is 1.65. The van der Waals surface area contributed by atoms with Gasteiger partial charge in [0.05, 0.1) is 7.11 Å². The first-order valence-electron chi connectivity index (χ1n) is 8.15. The molecule has 0 unspecified atom stereocenters. The molecule has 130 valence electrons. The molecule has 0 spiro atoms. The van der Waals surface area contributed by atoms with Gasteiger partial charge in [0, 0.05) is 50.0 Å². The van der Waals surface area contributed by atoms with Crippen molar-refractivity contribution in [3.8, 4) is 5.88 Å². The Labute approximate surface area is 159 Å². The minimum absolute atomic E-state index is 0.522. The molecule has 4 aromatic rings. The molecule has 4 rings (SSSR count). The minimum atomic E-state index is 0.522. The van der Waals surface area contributed by atoms with Crippen LogP contribution in [-0.4, -0.2) is 23.4 Å². The fourth-order valence-electron chi connectivity index (χ4n) is 2.93. The summed E-state index contributed by atoms with van der Waals surface area (Å²) < 4.78 is 7.90. The van der Waals surface area contributed by atoms with Crippen LogP contribution in [0.5, 0.6) is 5.88 Å². The summed E-state index contributed by atoms with van der Waals surface area (Å²) in [5.74, 6) is 0.683. The largest absolute Gasteiger partial charge is 0.481 e. The van der Waals surface area contributed by atoms with Gasteiger partial charge in [0.2, 0.25) is 5.88 Å². The molecule has 0 aromatic carbocycles. The predicted molar refractivity (Wildman–Crippen MR) is 106 cm³/mol.